The molecule has 108 valence electrons. The number of aryl methyl sites for hydroxylation is 1. The number of nitrogen functional groups attached to an aromatic ring is 1. The molecule has 2 N–H and O–H groups in total. The molecule has 6 nitrogen and oxygen atoms in total. The van der Waals surface area contributed by atoms with Crippen molar-refractivity contribution in [1.29, 1.82) is 5.26 Å². The van der Waals surface area contributed by atoms with E-state index in [2.05, 4.69) is 5.10 Å². The number of benzene rings is 1. The molecule has 0 atom stereocenters. The molecule has 0 aliphatic carbocycles. The molecule has 6 heteroatoms. The summed E-state index contributed by atoms with van der Waals surface area (Å²) in [5.41, 5.74) is 7.46. The molecule has 2 rings (SSSR count). The van der Waals surface area contributed by atoms with Crippen molar-refractivity contribution in [3.05, 3.63) is 47.8 Å². The summed E-state index contributed by atoms with van der Waals surface area (Å²) in [5, 5.41) is 13.0. The molecule has 0 aliphatic heterocycles. The third-order valence-electron chi connectivity index (χ3n) is 3.13. The number of nitrogens with zero attached hydrogens (tertiary/aromatic N) is 4. The molecular weight excluding hydrogens is 266 g/mol. The van der Waals surface area contributed by atoms with Gasteiger partial charge in [-0.1, -0.05) is 30.3 Å². The van der Waals surface area contributed by atoms with E-state index in [-0.39, 0.29) is 12.5 Å². The zero-order chi connectivity index (χ0) is 15.2. The number of rotatable bonds is 5. The first-order valence-corrected chi connectivity index (χ1v) is 6.68. The second-order valence-electron chi connectivity index (χ2n) is 4.57. The van der Waals surface area contributed by atoms with Gasteiger partial charge in [-0.05, 0) is 12.5 Å². The van der Waals surface area contributed by atoms with Crippen LogP contribution in [0.5, 0.6) is 0 Å². The van der Waals surface area contributed by atoms with Crippen LogP contribution < -0.4 is 5.73 Å². The number of nitriles is 1. The first-order valence-electron chi connectivity index (χ1n) is 6.68. The van der Waals surface area contributed by atoms with Gasteiger partial charge in [0.15, 0.2) is 0 Å². The zero-order valence-corrected chi connectivity index (χ0v) is 11.9. The number of carbonyl (C=O) groups is 1. The van der Waals surface area contributed by atoms with Crippen molar-refractivity contribution in [3.63, 3.8) is 0 Å². The smallest absolute Gasteiger partial charge is 0.275 e. The SMILES string of the molecule is CCn1ncc(N)c1C(=O)N(CC#N)Cc1ccccc1. The molecule has 0 fully saturated rings. The number of amides is 1. The molecule has 1 aromatic carbocycles. The summed E-state index contributed by atoms with van der Waals surface area (Å²) < 4.78 is 1.55. The Morgan fingerprint density at radius 2 is 2.14 bits per heavy atom. The second kappa shape index (κ2) is 6.57. The summed E-state index contributed by atoms with van der Waals surface area (Å²) in [4.78, 5) is 14.1. The van der Waals surface area contributed by atoms with Crippen LogP contribution in [0.4, 0.5) is 5.69 Å². The maximum Gasteiger partial charge on any atom is 0.275 e. The lowest BCUT2D eigenvalue weighted by Gasteiger charge is -2.20. The minimum absolute atomic E-state index is 0.00205. The second-order valence-corrected chi connectivity index (χ2v) is 4.57. The molecule has 0 radical (unpaired) electrons. The van der Waals surface area contributed by atoms with Crippen LogP contribution in [0.3, 0.4) is 0 Å². The Labute approximate surface area is 123 Å². The van der Waals surface area contributed by atoms with Gasteiger partial charge in [-0.2, -0.15) is 10.4 Å². The maximum atomic E-state index is 12.6. The molecule has 0 spiro atoms. The highest BCUT2D eigenvalue weighted by Gasteiger charge is 2.22. The molecule has 1 aromatic heterocycles. The number of hydrogen-bond acceptors (Lipinski definition) is 4. The number of aromatic nitrogens is 2. The number of hydrogen-bond donors (Lipinski definition) is 1. The van der Waals surface area contributed by atoms with Crippen LogP contribution in [0.1, 0.15) is 23.0 Å². The van der Waals surface area contributed by atoms with Crippen LogP contribution >= 0.6 is 0 Å². The first-order chi connectivity index (χ1) is 10.2. The highest BCUT2D eigenvalue weighted by atomic mass is 16.2. The topological polar surface area (TPSA) is 87.9 Å². The predicted molar refractivity (Wildman–Crippen MR) is 79.1 cm³/mol. The van der Waals surface area contributed by atoms with Crippen molar-refractivity contribution < 1.29 is 4.79 Å². The molecule has 0 bridgehead atoms. The lowest BCUT2D eigenvalue weighted by atomic mass is 10.2. The summed E-state index contributed by atoms with van der Waals surface area (Å²) in [6, 6.07) is 11.6. The van der Waals surface area contributed by atoms with Crippen LogP contribution in [0.15, 0.2) is 36.5 Å². The minimum atomic E-state index is -0.280. The van der Waals surface area contributed by atoms with Gasteiger partial charge in [0.2, 0.25) is 0 Å². The molecule has 1 amide bonds. The normalized spacial score (nSPS) is 10.1. The van der Waals surface area contributed by atoms with Crippen molar-refractivity contribution in [2.75, 3.05) is 12.3 Å². The van der Waals surface area contributed by atoms with Gasteiger partial charge in [0, 0.05) is 13.1 Å². The average Bonchev–Trinajstić information content (AvgIpc) is 2.88. The first kappa shape index (κ1) is 14.6. The van der Waals surface area contributed by atoms with E-state index >= 15 is 0 Å². The summed E-state index contributed by atoms with van der Waals surface area (Å²) in [6.45, 7) is 2.79. The fraction of sp³-hybridized carbons (Fsp3) is 0.267. The van der Waals surface area contributed by atoms with Crippen molar-refractivity contribution >= 4 is 11.6 Å². The Bertz CT molecular complexity index is 656. The van der Waals surface area contributed by atoms with Gasteiger partial charge < -0.3 is 10.6 Å². The van der Waals surface area contributed by atoms with Crippen molar-refractivity contribution in [1.82, 2.24) is 14.7 Å². The third kappa shape index (κ3) is 3.20. The van der Waals surface area contributed by atoms with Crippen molar-refractivity contribution in [3.8, 4) is 6.07 Å². The Balaban J connectivity index is 2.27. The monoisotopic (exact) mass is 283 g/mol. The van der Waals surface area contributed by atoms with Gasteiger partial charge in [-0.25, -0.2) is 0 Å². The van der Waals surface area contributed by atoms with E-state index in [0.717, 1.165) is 5.56 Å². The standard InChI is InChI=1S/C15H17N5O/c1-2-20-14(13(17)10-18-20)15(21)19(9-8-16)11-12-6-4-3-5-7-12/h3-7,10H,2,9,11,17H2,1H3. The van der Waals surface area contributed by atoms with E-state index in [1.165, 1.54) is 11.1 Å². The number of nitrogens with two attached hydrogens (primary N) is 1. The average molecular weight is 283 g/mol. The summed E-state index contributed by atoms with van der Waals surface area (Å²) in [7, 11) is 0. The molecule has 0 aliphatic rings. The molecule has 2 aromatic rings. The lowest BCUT2D eigenvalue weighted by Crippen LogP contribution is -2.33. The van der Waals surface area contributed by atoms with Gasteiger partial charge in [-0.3, -0.25) is 9.48 Å². The quantitative estimate of drug-likeness (QED) is 0.845. The third-order valence-corrected chi connectivity index (χ3v) is 3.13. The Morgan fingerprint density at radius 3 is 2.76 bits per heavy atom. The number of carbonyl (C=O) groups excluding carboxylic acids is 1. The summed E-state index contributed by atoms with van der Waals surface area (Å²) in [6.07, 6.45) is 1.46. The highest BCUT2D eigenvalue weighted by Crippen LogP contribution is 2.15. The zero-order valence-electron chi connectivity index (χ0n) is 11.9. The van der Waals surface area contributed by atoms with E-state index in [1.54, 1.807) is 4.68 Å². The van der Waals surface area contributed by atoms with Crippen LogP contribution in [-0.2, 0) is 13.1 Å². The van der Waals surface area contributed by atoms with Gasteiger partial charge >= 0.3 is 0 Å². The molecule has 0 saturated carbocycles. The predicted octanol–water partition coefficient (Wildman–Crippen LogP) is 1.65. The van der Waals surface area contributed by atoms with Crippen LogP contribution in [0.2, 0.25) is 0 Å². The van der Waals surface area contributed by atoms with Gasteiger partial charge in [0.1, 0.15) is 12.2 Å². The van der Waals surface area contributed by atoms with Gasteiger partial charge in [0.05, 0.1) is 18.0 Å². The largest absolute Gasteiger partial charge is 0.396 e. The molecule has 0 unspecified atom stereocenters. The van der Waals surface area contributed by atoms with E-state index in [0.29, 0.717) is 24.5 Å². The fourth-order valence-electron chi connectivity index (χ4n) is 2.11. The number of anilines is 1. The fourth-order valence-corrected chi connectivity index (χ4v) is 2.11. The minimum Gasteiger partial charge on any atom is -0.396 e. The lowest BCUT2D eigenvalue weighted by molar-refractivity contribution is 0.0753. The molecule has 21 heavy (non-hydrogen) atoms. The maximum absolute atomic E-state index is 12.6. The molecule has 0 saturated heterocycles. The van der Waals surface area contributed by atoms with Crippen LogP contribution in [-0.4, -0.2) is 27.1 Å². The van der Waals surface area contributed by atoms with Crippen molar-refractivity contribution in [2.45, 2.75) is 20.0 Å². The molecular formula is C15H17N5O. The van der Waals surface area contributed by atoms with E-state index < -0.39 is 0 Å². The van der Waals surface area contributed by atoms with Crippen LogP contribution in [0.25, 0.3) is 0 Å². The van der Waals surface area contributed by atoms with Gasteiger partial charge in [0.25, 0.3) is 5.91 Å². The summed E-state index contributed by atoms with van der Waals surface area (Å²) >= 11 is 0. The van der Waals surface area contributed by atoms with E-state index in [1.807, 2.05) is 43.3 Å². The molecule has 1 heterocycles. The Morgan fingerprint density at radius 1 is 1.43 bits per heavy atom. The van der Waals surface area contributed by atoms with Gasteiger partial charge in [-0.15, -0.1) is 0 Å². The Kier molecular flexibility index (Phi) is 4.57. The van der Waals surface area contributed by atoms with Crippen LogP contribution in [0, 0.1) is 11.3 Å². The Hall–Kier alpha value is -2.81. The summed E-state index contributed by atoms with van der Waals surface area (Å²) in [5.74, 6) is -0.280. The van der Waals surface area contributed by atoms with Crippen molar-refractivity contribution in [2.24, 2.45) is 0 Å². The van der Waals surface area contributed by atoms with E-state index in [4.69, 9.17) is 11.0 Å². The van der Waals surface area contributed by atoms with E-state index in [9.17, 15) is 4.79 Å². The highest BCUT2D eigenvalue weighted by molar-refractivity contribution is 5.97.